The molecule has 2 aliphatic rings. The van der Waals surface area contributed by atoms with Crippen LogP contribution in [-0.2, 0) is 43.4 Å². The molecule has 0 saturated carbocycles. The Morgan fingerprint density at radius 2 is 1.66 bits per heavy atom. The van der Waals surface area contributed by atoms with Crippen molar-refractivity contribution in [3.63, 3.8) is 0 Å². The Labute approximate surface area is 369 Å². The Balaban J connectivity index is 0.000000435. The standard InChI is InChI=1S/C36H47N5O4.C9H16N2O3S2/c1-36(2,3)39-35(45)31-24-40(22-26-12-9-15-37-21-26)16-17-41(31)23-29(42)19-28(18-25-10-5-4-6-11-25)34(44)38-33-30-14-8-7-13-27(30)20-32(33)43;1-6(12)11-8(5-15)9(14)10-3-4-16-7(2)13/h4-15,21,28-29,31-33,42-43H,16-20,22-24H2,1-3H3,(H,38,44)(H,39,45);8,15H,3-5H2,1-2H3,(H,10,14)(H,11,12)/t28-,29-,31-,32+,33-;8-/m00/s1. The van der Waals surface area contributed by atoms with Crippen LogP contribution in [0, 0.1) is 5.92 Å². The number of thiol groups is 1. The van der Waals surface area contributed by atoms with Gasteiger partial charge in [-0.1, -0.05) is 72.4 Å². The van der Waals surface area contributed by atoms with Crippen LogP contribution in [-0.4, -0.2) is 128 Å². The van der Waals surface area contributed by atoms with Crippen molar-refractivity contribution in [1.29, 1.82) is 0 Å². The fraction of sp³-hybridized carbons (Fsp3) is 0.511. The van der Waals surface area contributed by atoms with E-state index in [0.717, 1.165) is 40.6 Å². The number of piperazine rings is 1. The minimum atomic E-state index is -0.833. The van der Waals surface area contributed by atoms with Gasteiger partial charge in [0, 0.05) is 94.9 Å². The summed E-state index contributed by atoms with van der Waals surface area (Å²) in [6.07, 6.45) is 3.26. The molecular weight excluding hydrogens is 815 g/mol. The monoisotopic (exact) mass is 877 g/mol. The number of amides is 4. The van der Waals surface area contributed by atoms with E-state index >= 15 is 0 Å². The van der Waals surface area contributed by atoms with Gasteiger partial charge in [-0.05, 0) is 61.9 Å². The van der Waals surface area contributed by atoms with Crippen LogP contribution in [0.2, 0.25) is 0 Å². The highest BCUT2D eigenvalue weighted by Gasteiger charge is 2.37. The molecule has 4 amide bonds. The van der Waals surface area contributed by atoms with Crippen molar-refractivity contribution in [2.45, 2.75) is 96.3 Å². The van der Waals surface area contributed by atoms with Gasteiger partial charge in [0.25, 0.3) is 0 Å². The lowest BCUT2D eigenvalue weighted by Crippen LogP contribution is -2.61. The van der Waals surface area contributed by atoms with Crippen molar-refractivity contribution < 1.29 is 34.2 Å². The molecule has 61 heavy (non-hydrogen) atoms. The number of pyridine rings is 1. The minimum Gasteiger partial charge on any atom is -0.392 e. The van der Waals surface area contributed by atoms with Crippen LogP contribution in [0.4, 0.5) is 0 Å². The Morgan fingerprint density at radius 3 is 2.31 bits per heavy atom. The summed E-state index contributed by atoms with van der Waals surface area (Å²) in [5.41, 5.74) is 3.68. The topological polar surface area (TPSA) is 193 Å². The second kappa shape index (κ2) is 24.4. The third-order valence-electron chi connectivity index (χ3n) is 10.3. The van der Waals surface area contributed by atoms with Gasteiger partial charge in [0.05, 0.1) is 18.2 Å². The van der Waals surface area contributed by atoms with Crippen molar-refractivity contribution in [2.75, 3.05) is 44.2 Å². The molecule has 1 aliphatic heterocycles. The number of hydrogen-bond acceptors (Lipinski definition) is 12. The van der Waals surface area contributed by atoms with E-state index in [0.29, 0.717) is 44.8 Å². The number of thioether (sulfide) groups is 1. The first-order valence-corrected chi connectivity index (χ1v) is 22.4. The molecule has 0 unspecified atom stereocenters. The van der Waals surface area contributed by atoms with Gasteiger partial charge in [-0.2, -0.15) is 12.6 Å². The number of aliphatic hydroxyl groups excluding tert-OH is 2. The van der Waals surface area contributed by atoms with Crippen molar-refractivity contribution in [3.8, 4) is 0 Å². The lowest BCUT2D eigenvalue weighted by Gasteiger charge is -2.42. The van der Waals surface area contributed by atoms with Gasteiger partial charge in [-0.3, -0.25) is 38.8 Å². The van der Waals surface area contributed by atoms with Crippen LogP contribution in [0.15, 0.2) is 79.1 Å². The number of carbonyl (C=O) groups excluding carboxylic acids is 5. The fourth-order valence-corrected chi connectivity index (χ4v) is 8.25. The van der Waals surface area contributed by atoms with Crippen LogP contribution >= 0.6 is 24.4 Å². The molecule has 3 aromatic rings. The van der Waals surface area contributed by atoms with E-state index in [9.17, 15) is 34.2 Å². The number of carbonyl (C=O) groups is 5. The zero-order valence-corrected chi connectivity index (χ0v) is 37.6. The highest BCUT2D eigenvalue weighted by Crippen LogP contribution is 2.32. The van der Waals surface area contributed by atoms with Crippen molar-refractivity contribution >= 4 is 53.1 Å². The molecule has 2 aromatic carbocycles. The molecule has 1 saturated heterocycles. The fourth-order valence-electron chi connectivity index (χ4n) is 7.50. The van der Waals surface area contributed by atoms with E-state index in [1.54, 1.807) is 6.20 Å². The Kier molecular flexibility index (Phi) is 19.7. The SMILES string of the molecule is CC(=O)N[C@@H](CS)C(=O)NCCSC(C)=O.CC(C)(C)NC(=O)[C@@H]1CN(Cc2cccnc2)CCN1C[C@@H](O)C[C@H](Cc1ccccc1)C(=O)N[C@H]1c2ccccc2C[C@H]1O. The predicted molar refractivity (Wildman–Crippen MR) is 242 cm³/mol. The number of nitrogens with zero attached hydrogens (tertiary/aromatic N) is 3. The van der Waals surface area contributed by atoms with Crippen LogP contribution in [0.25, 0.3) is 0 Å². The van der Waals surface area contributed by atoms with Gasteiger partial charge < -0.3 is 31.5 Å². The number of hydrogen-bond donors (Lipinski definition) is 7. The molecule has 1 aliphatic carbocycles. The van der Waals surface area contributed by atoms with E-state index in [1.165, 1.54) is 13.8 Å². The molecule has 16 heteroatoms. The molecule has 5 rings (SSSR count). The average molecular weight is 878 g/mol. The summed E-state index contributed by atoms with van der Waals surface area (Å²) in [4.78, 5) is 68.7. The Morgan fingerprint density at radius 1 is 0.951 bits per heavy atom. The number of nitrogens with one attached hydrogen (secondary N) is 4. The minimum absolute atomic E-state index is 0.0156. The highest BCUT2D eigenvalue weighted by molar-refractivity contribution is 8.13. The number of fused-ring (bicyclic) bond motifs is 1. The first kappa shape index (κ1) is 49.3. The molecule has 6 atom stereocenters. The van der Waals surface area contributed by atoms with Crippen molar-refractivity contribution in [2.24, 2.45) is 5.92 Å². The maximum absolute atomic E-state index is 13.8. The number of aromatic nitrogens is 1. The summed E-state index contributed by atoms with van der Waals surface area (Å²) in [6.45, 7) is 12.0. The molecule has 1 fully saturated rings. The van der Waals surface area contributed by atoms with Crippen LogP contribution in [0.3, 0.4) is 0 Å². The second-order valence-electron chi connectivity index (χ2n) is 16.6. The third-order valence-corrected chi connectivity index (χ3v) is 11.5. The largest absolute Gasteiger partial charge is 0.392 e. The Bertz CT molecular complexity index is 1890. The van der Waals surface area contributed by atoms with Gasteiger partial charge in [-0.15, -0.1) is 0 Å². The van der Waals surface area contributed by atoms with Gasteiger partial charge in [0.15, 0.2) is 5.12 Å². The number of aliphatic hydroxyl groups is 2. The summed E-state index contributed by atoms with van der Waals surface area (Å²) >= 11 is 5.12. The average Bonchev–Trinajstić information content (AvgIpc) is 3.53. The lowest BCUT2D eigenvalue weighted by molar-refractivity contribution is -0.132. The summed E-state index contributed by atoms with van der Waals surface area (Å²) < 4.78 is 0. The van der Waals surface area contributed by atoms with Gasteiger partial charge in [-0.25, -0.2) is 0 Å². The maximum Gasteiger partial charge on any atom is 0.243 e. The number of β-amino-alcohol motifs (C(OH)–C–C–N with tert-alkyl or cyclic N) is 1. The second-order valence-corrected chi connectivity index (χ2v) is 18.3. The van der Waals surface area contributed by atoms with Gasteiger partial charge in [0.1, 0.15) is 12.1 Å². The van der Waals surface area contributed by atoms with Crippen LogP contribution < -0.4 is 21.3 Å². The van der Waals surface area contributed by atoms with Crippen molar-refractivity contribution in [1.82, 2.24) is 36.1 Å². The maximum atomic E-state index is 13.8. The molecule has 2 heterocycles. The van der Waals surface area contributed by atoms with E-state index in [1.807, 2.05) is 93.7 Å². The molecule has 1 aromatic heterocycles. The predicted octanol–water partition coefficient (Wildman–Crippen LogP) is 2.68. The molecule has 6 N–H and O–H groups in total. The summed E-state index contributed by atoms with van der Waals surface area (Å²) in [6, 6.07) is 20.0. The van der Waals surface area contributed by atoms with Crippen LogP contribution in [0.5, 0.6) is 0 Å². The zero-order chi connectivity index (χ0) is 44.5. The van der Waals surface area contributed by atoms with Gasteiger partial charge in [0.2, 0.25) is 23.6 Å². The van der Waals surface area contributed by atoms with E-state index in [-0.39, 0.29) is 47.5 Å². The number of rotatable bonds is 17. The van der Waals surface area contributed by atoms with E-state index < -0.39 is 41.8 Å². The third kappa shape index (κ3) is 16.8. The molecule has 0 spiro atoms. The molecule has 0 bridgehead atoms. The summed E-state index contributed by atoms with van der Waals surface area (Å²) in [5, 5.41) is 33.6. The molecule has 14 nitrogen and oxygen atoms in total. The van der Waals surface area contributed by atoms with E-state index in [2.05, 4.69) is 48.7 Å². The zero-order valence-electron chi connectivity index (χ0n) is 35.9. The smallest absolute Gasteiger partial charge is 0.243 e. The summed E-state index contributed by atoms with van der Waals surface area (Å²) in [7, 11) is 0. The first-order chi connectivity index (χ1) is 29.0. The summed E-state index contributed by atoms with van der Waals surface area (Å²) in [5.74, 6) is -0.566. The quantitative estimate of drug-likeness (QED) is 0.0780. The molecule has 332 valence electrons. The number of benzene rings is 2. The normalized spacial score (nSPS) is 19.2. The van der Waals surface area contributed by atoms with Crippen molar-refractivity contribution in [3.05, 3.63) is 101 Å². The van der Waals surface area contributed by atoms with E-state index in [4.69, 9.17) is 0 Å². The molecule has 0 radical (unpaired) electrons. The highest BCUT2D eigenvalue weighted by atomic mass is 32.2. The van der Waals surface area contributed by atoms with Gasteiger partial charge >= 0.3 is 0 Å². The first-order valence-electron chi connectivity index (χ1n) is 20.8. The van der Waals surface area contributed by atoms with Crippen LogP contribution in [0.1, 0.15) is 69.3 Å². The Hall–Kier alpha value is -4.32. The molecular formula is C45H63N7O7S2. The lowest BCUT2D eigenvalue weighted by atomic mass is 9.91.